The van der Waals surface area contributed by atoms with Crippen LogP contribution in [0.2, 0.25) is 0 Å². The van der Waals surface area contributed by atoms with Crippen molar-refractivity contribution in [1.82, 2.24) is 4.90 Å². The second-order valence-electron chi connectivity index (χ2n) is 6.34. The minimum Gasteiger partial charge on any atom is -0.496 e. The number of ketones is 1. The quantitative estimate of drug-likeness (QED) is 0.841. The highest BCUT2D eigenvalue weighted by Gasteiger charge is 2.48. The van der Waals surface area contributed by atoms with Gasteiger partial charge < -0.3 is 9.64 Å². The van der Waals surface area contributed by atoms with Gasteiger partial charge in [-0.25, -0.2) is 0 Å². The molecule has 0 bridgehead atoms. The van der Waals surface area contributed by atoms with E-state index in [1.54, 1.807) is 7.11 Å². The third-order valence-electron chi connectivity index (χ3n) is 4.86. The number of rotatable bonds is 3. The lowest BCUT2D eigenvalue weighted by Gasteiger charge is -2.34. The molecule has 3 nitrogen and oxygen atoms in total. The van der Waals surface area contributed by atoms with Crippen LogP contribution in [0.25, 0.3) is 11.3 Å². The average Bonchev–Trinajstić information content (AvgIpc) is 2.90. The molecule has 0 saturated carbocycles. The van der Waals surface area contributed by atoms with Crippen molar-refractivity contribution in [3.63, 3.8) is 0 Å². The van der Waals surface area contributed by atoms with Crippen LogP contribution in [0, 0.1) is 0 Å². The maximum atomic E-state index is 13.5. The number of fused-ring (bicyclic) bond motifs is 1. The number of benzene rings is 2. The Kier molecular flexibility index (Phi) is 3.57. The second kappa shape index (κ2) is 5.78. The number of ether oxygens (including phenoxy) is 1. The molecule has 124 valence electrons. The Morgan fingerprint density at radius 2 is 1.68 bits per heavy atom. The summed E-state index contributed by atoms with van der Waals surface area (Å²) in [5, 5.41) is 0. The summed E-state index contributed by atoms with van der Waals surface area (Å²) in [6.45, 7) is 1.96. The lowest BCUT2D eigenvalue weighted by Crippen LogP contribution is -2.43. The number of para-hydroxylation sites is 1. The Bertz CT molecular complexity index is 924. The molecule has 0 aromatic heterocycles. The molecule has 2 aliphatic heterocycles. The molecule has 25 heavy (non-hydrogen) atoms. The van der Waals surface area contributed by atoms with Crippen LogP contribution in [-0.4, -0.2) is 23.3 Å². The molecule has 3 heteroatoms. The van der Waals surface area contributed by atoms with Gasteiger partial charge in [0.1, 0.15) is 11.3 Å². The first-order chi connectivity index (χ1) is 12.2. The summed E-state index contributed by atoms with van der Waals surface area (Å²) in [7, 11) is 1.63. The Hall–Kier alpha value is -3.07. The summed E-state index contributed by atoms with van der Waals surface area (Å²) in [5.74, 6) is 0.784. The molecule has 2 aliphatic rings. The molecule has 0 N–H and O–H groups in total. The fourth-order valence-electron chi connectivity index (χ4n) is 3.57. The van der Waals surface area contributed by atoms with Gasteiger partial charge in [0, 0.05) is 11.8 Å². The number of allylic oxidation sites excluding steroid dienone is 2. The van der Waals surface area contributed by atoms with Gasteiger partial charge >= 0.3 is 0 Å². The van der Waals surface area contributed by atoms with Gasteiger partial charge in [0.2, 0.25) is 0 Å². The van der Waals surface area contributed by atoms with Gasteiger partial charge in [0.15, 0.2) is 5.78 Å². The summed E-state index contributed by atoms with van der Waals surface area (Å²) < 4.78 is 5.54. The highest BCUT2D eigenvalue weighted by atomic mass is 16.5. The van der Waals surface area contributed by atoms with Crippen LogP contribution in [0.5, 0.6) is 5.75 Å². The molecule has 4 rings (SSSR count). The summed E-state index contributed by atoms with van der Waals surface area (Å²) in [6.07, 6.45) is 7.83. The largest absolute Gasteiger partial charge is 0.496 e. The predicted molar refractivity (Wildman–Crippen MR) is 99.8 cm³/mol. The molecule has 1 atom stereocenters. The zero-order chi connectivity index (χ0) is 17.4. The van der Waals surface area contributed by atoms with Crippen molar-refractivity contribution in [3.05, 3.63) is 90.2 Å². The van der Waals surface area contributed by atoms with E-state index in [-0.39, 0.29) is 5.78 Å². The molecule has 0 amide bonds. The van der Waals surface area contributed by atoms with Crippen LogP contribution in [0.3, 0.4) is 0 Å². The smallest absolute Gasteiger partial charge is 0.195 e. The van der Waals surface area contributed by atoms with E-state index in [9.17, 15) is 4.79 Å². The van der Waals surface area contributed by atoms with E-state index in [2.05, 4.69) is 4.90 Å². The molecule has 0 saturated heterocycles. The molecular formula is C22H19NO2. The normalized spacial score (nSPS) is 21.7. The fraction of sp³-hybridized carbons (Fsp3) is 0.136. The molecule has 0 fully saturated rings. The molecule has 0 aliphatic carbocycles. The zero-order valence-corrected chi connectivity index (χ0v) is 14.3. The van der Waals surface area contributed by atoms with Gasteiger partial charge in [-0.15, -0.1) is 0 Å². The second-order valence-corrected chi connectivity index (χ2v) is 6.34. The third kappa shape index (κ3) is 2.23. The Balaban J connectivity index is 2.03. The van der Waals surface area contributed by atoms with E-state index in [4.69, 9.17) is 4.74 Å². The molecular weight excluding hydrogens is 310 g/mol. The van der Waals surface area contributed by atoms with Gasteiger partial charge in [-0.3, -0.25) is 4.79 Å². The van der Waals surface area contributed by atoms with Gasteiger partial charge in [0.25, 0.3) is 0 Å². The van der Waals surface area contributed by atoms with E-state index in [0.717, 1.165) is 16.8 Å². The van der Waals surface area contributed by atoms with Crippen LogP contribution in [0.4, 0.5) is 0 Å². The predicted octanol–water partition coefficient (Wildman–Crippen LogP) is 4.29. The lowest BCUT2D eigenvalue weighted by molar-refractivity contribution is -0.118. The number of hydrogen-bond donors (Lipinski definition) is 0. The van der Waals surface area contributed by atoms with Crippen molar-refractivity contribution in [2.24, 2.45) is 0 Å². The van der Waals surface area contributed by atoms with E-state index in [1.807, 2.05) is 85.9 Å². The molecule has 0 spiro atoms. The first-order valence-corrected chi connectivity index (χ1v) is 8.30. The summed E-state index contributed by atoms with van der Waals surface area (Å²) in [6, 6.07) is 17.7. The van der Waals surface area contributed by atoms with Gasteiger partial charge in [0.05, 0.1) is 18.4 Å². The Morgan fingerprint density at radius 1 is 0.960 bits per heavy atom. The Morgan fingerprint density at radius 3 is 2.44 bits per heavy atom. The van der Waals surface area contributed by atoms with Crippen molar-refractivity contribution in [2.45, 2.75) is 12.5 Å². The molecule has 2 aromatic carbocycles. The molecule has 2 aromatic rings. The minimum absolute atomic E-state index is 0.0800. The first-order valence-electron chi connectivity index (χ1n) is 8.30. The van der Waals surface area contributed by atoms with Gasteiger partial charge in [-0.05, 0) is 24.6 Å². The van der Waals surface area contributed by atoms with Crippen molar-refractivity contribution in [2.75, 3.05) is 7.11 Å². The molecule has 1 unspecified atom stereocenters. The topological polar surface area (TPSA) is 29.5 Å². The van der Waals surface area contributed by atoms with Crippen molar-refractivity contribution in [1.29, 1.82) is 0 Å². The maximum absolute atomic E-state index is 13.5. The van der Waals surface area contributed by atoms with Gasteiger partial charge in [-0.1, -0.05) is 60.7 Å². The van der Waals surface area contributed by atoms with E-state index >= 15 is 0 Å². The maximum Gasteiger partial charge on any atom is 0.195 e. The van der Waals surface area contributed by atoms with Crippen molar-refractivity contribution >= 4 is 17.1 Å². The van der Waals surface area contributed by atoms with Gasteiger partial charge in [-0.2, -0.15) is 0 Å². The highest BCUT2D eigenvalue weighted by Crippen LogP contribution is 2.47. The average molecular weight is 329 g/mol. The van der Waals surface area contributed by atoms with E-state index in [0.29, 0.717) is 11.3 Å². The lowest BCUT2D eigenvalue weighted by atomic mass is 9.89. The summed E-state index contributed by atoms with van der Waals surface area (Å²) in [5.41, 5.74) is 2.74. The van der Waals surface area contributed by atoms with E-state index in [1.165, 1.54) is 0 Å². The number of Topliss-reactive ketones (excluding diaryl/α,β-unsaturated/α-hetero) is 1. The van der Waals surface area contributed by atoms with Crippen molar-refractivity contribution in [3.8, 4) is 5.75 Å². The van der Waals surface area contributed by atoms with Crippen molar-refractivity contribution < 1.29 is 9.53 Å². The first kappa shape index (κ1) is 15.5. The van der Waals surface area contributed by atoms with Crippen LogP contribution < -0.4 is 4.74 Å². The summed E-state index contributed by atoms with van der Waals surface area (Å²) in [4.78, 5) is 15.5. The SMILES string of the molecule is COc1ccccc1C1=C(c2ccccc2)N2C=CC=CC2(C)C1=O. The highest BCUT2D eigenvalue weighted by molar-refractivity contribution is 6.35. The number of carbonyl (C=O) groups is 1. The number of methoxy groups -OCH3 is 1. The van der Waals surface area contributed by atoms with Crippen LogP contribution in [0.15, 0.2) is 79.0 Å². The summed E-state index contributed by atoms with van der Waals surface area (Å²) >= 11 is 0. The van der Waals surface area contributed by atoms with E-state index < -0.39 is 5.54 Å². The molecule has 0 radical (unpaired) electrons. The van der Waals surface area contributed by atoms with Crippen LogP contribution >= 0.6 is 0 Å². The number of nitrogens with zero attached hydrogens (tertiary/aromatic N) is 1. The number of hydrogen-bond acceptors (Lipinski definition) is 3. The minimum atomic E-state index is -0.712. The standard InChI is InChI=1S/C22H19NO2/c1-22-14-8-9-15-23(22)20(16-10-4-3-5-11-16)19(21(22)24)17-12-6-7-13-18(17)25-2/h3-15H,1-2H3. The third-order valence-corrected chi connectivity index (χ3v) is 4.86. The van der Waals surface area contributed by atoms with Crippen LogP contribution in [0.1, 0.15) is 18.1 Å². The fourth-order valence-corrected chi connectivity index (χ4v) is 3.57. The Labute approximate surface area is 147 Å². The number of carbonyl (C=O) groups excluding carboxylic acids is 1. The monoisotopic (exact) mass is 329 g/mol. The van der Waals surface area contributed by atoms with Crippen LogP contribution in [-0.2, 0) is 4.79 Å². The zero-order valence-electron chi connectivity index (χ0n) is 14.3. The molecule has 2 heterocycles.